The predicted molar refractivity (Wildman–Crippen MR) is 173 cm³/mol. The van der Waals surface area contributed by atoms with Crippen LogP contribution in [0.1, 0.15) is 45.2 Å². The number of allylic oxidation sites excluding steroid dienone is 12. The molecule has 3 aliphatic rings. The summed E-state index contributed by atoms with van der Waals surface area (Å²) in [6.45, 7) is 8.46. The predicted octanol–water partition coefficient (Wildman–Crippen LogP) is 7.41. The number of benzene rings is 2. The van der Waals surface area contributed by atoms with E-state index in [0.717, 1.165) is 28.7 Å². The largest absolute Gasteiger partial charge is 4.00 e. The van der Waals surface area contributed by atoms with Gasteiger partial charge in [0.05, 0.1) is 0 Å². The molecule has 0 saturated heterocycles. The van der Waals surface area contributed by atoms with Gasteiger partial charge in [-0.05, 0) is 59.1 Å². The molecule has 2 atom stereocenters. The number of hydrogen-bond donors (Lipinski definition) is 2. The molecular weight excluding hydrogens is 588 g/mol. The number of phenols is 2. The molecule has 6 heteroatoms. The minimum Gasteiger partial charge on any atom is -1.00 e. The molecule has 0 aromatic heterocycles. The zero-order valence-electron chi connectivity index (χ0n) is 25.3. The minimum absolute atomic E-state index is 0. The summed E-state index contributed by atoms with van der Waals surface area (Å²) in [4.78, 5) is 0. The second-order valence-corrected chi connectivity index (χ2v) is 10.8. The Morgan fingerprint density at radius 1 is 0.721 bits per heavy atom. The fourth-order valence-electron chi connectivity index (χ4n) is 4.98. The Bertz CT molecular complexity index is 1320. The maximum Gasteiger partial charge on any atom is 4.00 e. The van der Waals surface area contributed by atoms with Crippen LogP contribution in [-0.4, -0.2) is 10.2 Å². The zero-order chi connectivity index (χ0) is 29.8. The Balaban J connectivity index is 0.000000355. The summed E-state index contributed by atoms with van der Waals surface area (Å²) in [7, 11) is 0. The summed E-state index contributed by atoms with van der Waals surface area (Å²) in [6, 6.07) is 14.6. The Morgan fingerprint density at radius 3 is 1.44 bits per heavy atom. The first-order valence-electron chi connectivity index (χ1n) is 14.1. The van der Waals surface area contributed by atoms with Crippen molar-refractivity contribution in [2.45, 2.75) is 34.1 Å². The molecule has 5 rings (SSSR count). The maximum absolute atomic E-state index is 9.80. The first-order valence-corrected chi connectivity index (χ1v) is 14.1. The number of phenolic OH excluding ortho intramolecular Hbond substituents is 2. The van der Waals surface area contributed by atoms with Gasteiger partial charge in [-0.2, -0.15) is 17.5 Å². The van der Waals surface area contributed by atoms with Gasteiger partial charge in [0.2, 0.25) is 0 Å². The van der Waals surface area contributed by atoms with E-state index in [9.17, 15) is 10.2 Å². The molecule has 2 aromatic rings. The van der Waals surface area contributed by atoms with E-state index in [4.69, 9.17) is 11.5 Å². The average molecular weight is 629 g/mol. The van der Waals surface area contributed by atoms with E-state index in [1.54, 1.807) is 12.1 Å². The van der Waals surface area contributed by atoms with Crippen molar-refractivity contribution >= 4 is 12.2 Å². The molecular formula is C37H41ClN2O2Ti. The smallest absolute Gasteiger partial charge is 1.00 e. The van der Waals surface area contributed by atoms with Gasteiger partial charge < -0.3 is 34.1 Å². The van der Waals surface area contributed by atoms with Crippen molar-refractivity contribution in [3.63, 3.8) is 0 Å². The quantitative estimate of drug-likeness (QED) is 0.273. The average Bonchev–Trinajstić information content (AvgIpc) is 3.52. The van der Waals surface area contributed by atoms with Crippen LogP contribution in [0.3, 0.4) is 0 Å². The maximum atomic E-state index is 9.80. The van der Waals surface area contributed by atoms with E-state index >= 15 is 0 Å². The molecule has 4 N–H and O–H groups in total. The van der Waals surface area contributed by atoms with Gasteiger partial charge in [0.1, 0.15) is 11.5 Å². The molecule has 0 heterocycles. The third kappa shape index (κ3) is 11.3. The number of halogens is 1. The van der Waals surface area contributed by atoms with Gasteiger partial charge in [0, 0.05) is 11.1 Å². The van der Waals surface area contributed by atoms with Crippen molar-refractivity contribution in [2.24, 2.45) is 23.7 Å². The number of hydrogen-bond acceptors (Lipinski definition) is 2. The van der Waals surface area contributed by atoms with Gasteiger partial charge in [0.25, 0.3) is 0 Å². The second kappa shape index (κ2) is 19.0. The summed E-state index contributed by atoms with van der Waals surface area (Å²) in [5, 5.41) is 19.6. The summed E-state index contributed by atoms with van der Waals surface area (Å²) in [6.07, 6.45) is 25.5. The van der Waals surface area contributed by atoms with Crippen LogP contribution in [-0.2, 0) is 21.7 Å². The normalized spacial score (nSPS) is 20.0. The molecule has 2 unspecified atom stereocenters. The van der Waals surface area contributed by atoms with Crippen LogP contribution in [0.15, 0.2) is 126 Å². The third-order valence-electron chi connectivity index (χ3n) is 6.95. The molecule has 0 fully saturated rings. The van der Waals surface area contributed by atoms with Crippen LogP contribution in [0.2, 0.25) is 0 Å². The van der Waals surface area contributed by atoms with Crippen LogP contribution in [0.5, 0.6) is 11.5 Å². The van der Waals surface area contributed by atoms with Gasteiger partial charge in [-0.15, -0.1) is 6.42 Å². The molecule has 0 aliphatic heterocycles. The topological polar surface area (TPSA) is 88.1 Å². The van der Waals surface area contributed by atoms with Crippen molar-refractivity contribution in [1.82, 2.24) is 0 Å². The molecule has 0 bridgehead atoms. The first kappa shape index (κ1) is 37.6. The first-order chi connectivity index (χ1) is 19.7. The molecule has 0 amide bonds. The van der Waals surface area contributed by atoms with Crippen molar-refractivity contribution in [3.8, 4) is 11.5 Å². The Kier molecular flexibility index (Phi) is 16.6. The van der Waals surface area contributed by atoms with E-state index in [-0.39, 0.29) is 57.5 Å². The SMILES string of the molecule is CC(C)C1C([NH-])=CC=CC1=Cc1ccccc1O.CC(C)C1C([NH-])=CC=CC1=Cc1ccccc1O.[C-]1=CC=CC1.[Cl-].[Ti+4]. The Morgan fingerprint density at radius 2 is 1.14 bits per heavy atom. The minimum atomic E-state index is 0. The third-order valence-corrected chi connectivity index (χ3v) is 6.95. The van der Waals surface area contributed by atoms with Crippen LogP contribution in [0.4, 0.5) is 0 Å². The van der Waals surface area contributed by atoms with Gasteiger partial charge in [-0.3, -0.25) is 6.08 Å². The van der Waals surface area contributed by atoms with Gasteiger partial charge in [-0.1, -0.05) is 101 Å². The fraction of sp³-hybridized carbons (Fsp3) is 0.243. The summed E-state index contributed by atoms with van der Waals surface area (Å²) in [5.74, 6) is 1.51. The van der Waals surface area contributed by atoms with E-state index in [2.05, 4.69) is 39.8 Å². The van der Waals surface area contributed by atoms with Crippen molar-refractivity contribution in [1.29, 1.82) is 0 Å². The Hall–Kier alpha value is -3.44. The monoisotopic (exact) mass is 628 g/mol. The van der Waals surface area contributed by atoms with Crippen LogP contribution >= 0.6 is 0 Å². The zero-order valence-corrected chi connectivity index (χ0v) is 27.6. The van der Waals surface area contributed by atoms with Gasteiger partial charge >= 0.3 is 21.7 Å². The molecule has 2 aromatic carbocycles. The van der Waals surface area contributed by atoms with Crippen molar-refractivity contribution in [2.75, 3.05) is 0 Å². The summed E-state index contributed by atoms with van der Waals surface area (Å²) >= 11 is 0. The molecule has 3 aliphatic carbocycles. The number of nitrogens with one attached hydrogen (secondary N) is 2. The van der Waals surface area contributed by atoms with Crippen LogP contribution < -0.4 is 12.4 Å². The number of aromatic hydroxyl groups is 2. The number of para-hydroxylation sites is 2. The van der Waals surface area contributed by atoms with E-state index < -0.39 is 0 Å². The van der Waals surface area contributed by atoms with Crippen LogP contribution in [0, 0.1) is 29.7 Å². The van der Waals surface area contributed by atoms with E-state index in [1.165, 1.54) is 0 Å². The fourth-order valence-corrected chi connectivity index (χ4v) is 4.98. The second-order valence-electron chi connectivity index (χ2n) is 10.8. The molecule has 222 valence electrons. The van der Waals surface area contributed by atoms with Crippen molar-refractivity contribution in [3.05, 3.63) is 154 Å². The van der Waals surface area contributed by atoms with Crippen molar-refractivity contribution < 1.29 is 44.3 Å². The number of rotatable bonds is 4. The summed E-state index contributed by atoms with van der Waals surface area (Å²) in [5.41, 5.74) is 21.1. The van der Waals surface area contributed by atoms with Crippen LogP contribution in [0.25, 0.3) is 23.6 Å². The molecule has 4 nitrogen and oxygen atoms in total. The standard InChI is InChI=1S/2C16H18NO.C5H5.ClH.Ti/c2*1-11(2)16-13(7-5-8-14(16)17)10-12-6-3-4-9-15(12)18;1-2-4-5-3-1;;/h2*3-11,16-18H,1-2H3;1-3H,4H2;1H;/q3*-1;;+4/p-1. The molecule has 0 spiro atoms. The van der Waals surface area contributed by atoms with Gasteiger partial charge in [0.15, 0.2) is 0 Å². The van der Waals surface area contributed by atoms with E-state index in [0.29, 0.717) is 23.2 Å². The summed E-state index contributed by atoms with van der Waals surface area (Å²) < 4.78 is 0. The molecule has 43 heavy (non-hydrogen) atoms. The van der Waals surface area contributed by atoms with E-state index in [1.807, 2.05) is 97.2 Å². The Labute approximate surface area is 279 Å². The van der Waals surface area contributed by atoms with Gasteiger partial charge in [-0.25, -0.2) is 12.2 Å². The molecule has 0 saturated carbocycles. The molecule has 0 radical (unpaired) electrons.